The van der Waals surface area contributed by atoms with Crippen LogP contribution in [0.25, 0.3) is 0 Å². The first-order chi connectivity index (χ1) is 4.19. The summed E-state index contributed by atoms with van der Waals surface area (Å²) in [6.45, 7) is 0. The molecule has 0 saturated heterocycles. The SMILES string of the molecule is O=C(O)C(F)(F)P(=O)(O)O. The molecule has 8 heteroatoms. The van der Waals surface area contributed by atoms with E-state index in [4.69, 9.17) is 14.9 Å². The zero-order valence-electron chi connectivity index (χ0n) is 4.36. The molecule has 0 atom stereocenters. The lowest BCUT2D eigenvalue weighted by Gasteiger charge is -2.11. The van der Waals surface area contributed by atoms with Gasteiger partial charge in [0.05, 0.1) is 0 Å². The highest BCUT2D eigenvalue weighted by Gasteiger charge is 2.56. The summed E-state index contributed by atoms with van der Waals surface area (Å²) < 4.78 is 33.0. The Bertz CT molecular complexity index is 194. The Kier molecular flexibility index (Phi) is 2.15. The van der Waals surface area contributed by atoms with Gasteiger partial charge in [-0.05, 0) is 0 Å². The van der Waals surface area contributed by atoms with Gasteiger partial charge in [0, 0.05) is 0 Å². The van der Waals surface area contributed by atoms with E-state index in [9.17, 15) is 18.1 Å². The molecule has 0 fully saturated rings. The molecule has 0 rings (SSSR count). The first-order valence-electron chi connectivity index (χ1n) is 1.86. The Balaban J connectivity index is 4.75. The van der Waals surface area contributed by atoms with Crippen LogP contribution in [0.1, 0.15) is 0 Å². The highest BCUT2D eigenvalue weighted by atomic mass is 31.2. The van der Waals surface area contributed by atoms with Crippen molar-refractivity contribution >= 4 is 13.6 Å². The van der Waals surface area contributed by atoms with Gasteiger partial charge in [-0.2, -0.15) is 8.78 Å². The molecule has 10 heavy (non-hydrogen) atoms. The summed E-state index contributed by atoms with van der Waals surface area (Å²) in [5, 5.41) is 7.53. The molecule has 0 saturated carbocycles. The Morgan fingerprint density at radius 2 is 1.70 bits per heavy atom. The number of carboxylic acid groups (broad SMARTS) is 1. The van der Waals surface area contributed by atoms with Gasteiger partial charge < -0.3 is 14.9 Å². The monoisotopic (exact) mass is 176 g/mol. The van der Waals surface area contributed by atoms with E-state index < -0.39 is 19.2 Å². The molecule has 0 amide bonds. The third-order valence-corrected chi connectivity index (χ3v) is 1.55. The molecule has 3 N–H and O–H groups in total. The maximum atomic E-state index is 11.7. The van der Waals surface area contributed by atoms with Crippen molar-refractivity contribution in [2.45, 2.75) is 5.66 Å². The van der Waals surface area contributed by atoms with E-state index in [-0.39, 0.29) is 0 Å². The predicted octanol–water partition coefficient (Wildman–Crippen LogP) is -0.159. The van der Waals surface area contributed by atoms with Crippen LogP contribution in [0.15, 0.2) is 0 Å². The molecular weight excluding hydrogens is 173 g/mol. The van der Waals surface area contributed by atoms with E-state index in [1.54, 1.807) is 0 Å². The van der Waals surface area contributed by atoms with Crippen LogP contribution >= 0.6 is 7.60 Å². The van der Waals surface area contributed by atoms with E-state index in [0.29, 0.717) is 0 Å². The quantitative estimate of drug-likeness (QED) is 0.508. The van der Waals surface area contributed by atoms with Crippen LogP contribution in [0, 0.1) is 0 Å². The average molecular weight is 176 g/mol. The van der Waals surface area contributed by atoms with E-state index in [1.165, 1.54) is 0 Å². The third kappa shape index (κ3) is 1.50. The van der Waals surface area contributed by atoms with Crippen LogP contribution < -0.4 is 0 Å². The summed E-state index contributed by atoms with van der Waals surface area (Å²) in [6.07, 6.45) is 0. The lowest BCUT2D eigenvalue weighted by molar-refractivity contribution is -0.155. The Morgan fingerprint density at radius 1 is 1.40 bits per heavy atom. The molecule has 0 aliphatic heterocycles. The lowest BCUT2D eigenvalue weighted by atomic mass is 10.7. The maximum absolute atomic E-state index is 11.7. The summed E-state index contributed by atoms with van der Waals surface area (Å²) in [7, 11) is -5.86. The number of carboxylic acids is 1. The van der Waals surface area contributed by atoms with Gasteiger partial charge in [-0.3, -0.25) is 4.57 Å². The molecule has 0 aromatic heterocycles. The van der Waals surface area contributed by atoms with Crippen molar-refractivity contribution in [2.24, 2.45) is 0 Å². The number of carbonyl (C=O) groups is 1. The summed E-state index contributed by atoms with van der Waals surface area (Å²) in [6, 6.07) is 0. The number of rotatable bonds is 2. The minimum absolute atomic E-state index is 2.83. The van der Waals surface area contributed by atoms with Crippen molar-refractivity contribution in [3.63, 3.8) is 0 Å². The number of alkyl halides is 2. The van der Waals surface area contributed by atoms with E-state index in [0.717, 1.165) is 0 Å². The van der Waals surface area contributed by atoms with E-state index in [2.05, 4.69) is 0 Å². The van der Waals surface area contributed by atoms with Gasteiger partial charge in [0.2, 0.25) is 0 Å². The van der Waals surface area contributed by atoms with Crippen molar-refractivity contribution < 1.29 is 33.0 Å². The minimum atomic E-state index is -5.86. The predicted molar refractivity (Wildman–Crippen MR) is 24.6 cm³/mol. The van der Waals surface area contributed by atoms with Crippen molar-refractivity contribution in [2.75, 3.05) is 0 Å². The normalized spacial score (nSPS) is 13.2. The maximum Gasteiger partial charge on any atom is 0.440 e. The summed E-state index contributed by atoms with van der Waals surface area (Å²) >= 11 is 0. The smallest absolute Gasteiger partial charge is 0.440 e. The first-order valence-corrected chi connectivity index (χ1v) is 3.47. The number of halogens is 2. The Morgan fingerprint density at radius 3 is 1.70 bits per heavy atom. The highest BCUT2D eigenvalue weighted by Crippen LogP contribution is 2.52. The van der Waals surface area contributed by atoms with E-state index >= 15 is 0 Å². The average Bonchev–Trinajstić information content (AvgIpc) is 1.62. The molecular formula is C2H3F2O5P. The zero-order valence-corrected chi connectivity index (χ0v) is 5.26. The topological polar surface area (TPSA) is 94.8 Å². The Labute approximate surface area is 53.4 Å². The van der Waals surface area contributed by atoms with Crippen LogP contribution in [-0.4, -0.2) is 26.5 Å². The standard InChI is InChI=1S/C2H3F2O5P/c3-2(4,1(5)6)10(7,8)9/h(H,5,6)(H2,7,8,9). The molecule has 0 unspecified atom stereocenters. The molecule has 0 bridgehead atoms. The van der Waals surface area contributed by atoms with Gasteiger partial charge in [-0.1, -0.05) is 0 Å². The largest absolute Gasteiger partial charge is 0.476 e. The molecule has 0 aliphatic carbocycles. The molecule has 0 aromatic carbocycles. The summed E-state index contributed by atoms with van der Waals surface area (Å²) in [5.41, 5.74) is -4.98. The van der Waals surface area contributed by atoms with Gasteiger partial charge >= 0.3 is 19.2 Å². The number of hydrogen-bond donors (Lipinski definition) is 3. The van der Waals surface area contributed by atoms with Crippen LogP contribution in [0.4, 0.5) is 8.78 Å². The van der Waals surface area contributed by atoms with Crippen molar-refractivity contribution in [3.05, 3.63) is 0 Å². The van der Waals surface area contributed by atoms with Gasteiger partial charge in [0.1, 0.15) is 0 Å². The fourth-order valence-electron chi connectivity index (χ4n) is 0.125. The van der Waals surface area contributed by atoms with Crippen LogP contribution in [0.2, 0.25) is 0 Å². The second-order valence-corrected chi connectivity index (χ2v) is 3.04. The van der Waals surface area contributed by atoms with Gasteiger partial charge in [-0.15, -0.1) is 0 Å². The summed E-state index contributed by atoms with van der Waals surface area (Å²) in [4.78, 5) is 24.8. The highest BCUT2D eigenvalue weighted by molar-refractivity contribution is 7.54. The molecule has 0 spiro atoms. The molecule has 60 valence electrons. The van der Waals surface area contributed by atoms with Crippen LogP contribution in [-0.2, 0) is 9.36 Å². The number of hydrogen-bond acceptors (Lipinski definition) is 2. The minimum Gasteiger partial charge on any atom is -0.476 e. The molecule has 5 nitrogen and oxygen atoms in total. The fourth-order valence-corrected chi connectivity index (χ4v) is 0.374. The fraction of sp³-hybridized carbons (Fsp3) is 0.500. The van der Waals surface area contributed by atoms with Crippen molar-refractivity contribution in [1.82, 2.24) is 0 Å². The molecule has 0 radical (unpaired) electrons. The van der Waals surface area contributed by atoms with Crippen LogP contribution in [0.5, 0.6) is 0 Å². The van der Waals surface area contributed by atoms with Crippen LogP contribution in [0.3, 0.4) is 0 Å². The second kappa shape index (κ2) is 2.26. The summed E-state index contributed by atoms with van der Waals surface area (Å²) in [5.74, 6) is -2.83. The van der Waals surface area contributed by atoms with Crippen molar-refractivity contribution in [3.8, 4) is 0 Å². The number of aliphatic carboxylic acids is 1. The van der Waals surface area contributed by atoms with Gasteiger partial charge in [-0.25, -0.2) is 4.79 Å². The van der Waals surface area contributed by atoms with E-state index in [1.807, 2.05) is 0 Å². The first kappa shape index (κ1) is 9.48. The third-order valence-electron chi connectivity index (χ3n) is 0.623. The zero-order chi connectivity index (χ0) is 8.58. The van der Waals surface area contributed by atoms with Crippen molar-refractivity contribution in [1.29, 1.82) is 0 Å². The molecule has 0 heterocycles. The molecule has 0 aliphatic rings. The van der Waals surface area contributed by atoms with Gasteiger partial charge in [0.25, 0.3) is 0 Å². The van der Waals surface area contributed by atoms with Gasteiger partial charge in [0.15, 0.2) is 0 Å². The Hall–Kier alpha value is -0.520. The molecule has 0 aromatic rings. The lowest BCUT2D eigenvalue weighted by Crippen LogP contribution is -2.27. The second-order valence-electron chi connectivity index (χ2n) is 1.39.